The van der Waals surface area contributed by atoms with Crippen molar-refractivity contribution in [1.29, 1.82) is 0 Å². The van der Waals surface area contributed by atoms with Gasteiger partial charge < -0.3 is 4.90 Å². The van der Waals surface area contributed by atoms with Gasteiger partial charge in [0.2, 0.25) is 0 Å². The van der Waals surface area contributed by atoms with Crippen LogP contribution < -0.4 is 0 Å². The van der Waals surface area contributed by atoms with Gasteiger partial charge in [-0.05, 0) is 39.7 Å². The molecule has 2 aromatic rings. The monoisotopic (exact) mass is 297 g/mol. The van der Waals surface area contributed by atoms with Crippen molar-refractivity contribution in [3.05, 3.63) is 15.5 Å². The van der Waals surface area contributed by atoms with Crippen LogP contribution in [0.5, 0.6) is 0 Å². The minimum Gasteiger partial charge on any atom is -0.303 e. The van der Waals surface area contributed by atoms with Crippen LogP contribution in [0.1, 0.15) is 24.5 Å². The molecule has 0 aromatic carbocycles. The van der Waals surface area contributed by atoms with Crippen LogP contribution in [-0.2, 0) is 19.5 Å². The fraction of sp³-hybridized carbons (Fsp3) is 0.583. The summed E-state index contributed by atoms with van der Waals surface area (Å²) in [6.45, 7) is 5.86. The van der Waals surface area contributed by atoms with Gasteiger partial charge in [-0.2, -0.15) is 5.10 Å². The summed E-state index contributed by atoms with van der Waals surface area (Å²) in [5.74, 6) is 0.909. The summed E-state index contributed by atoms with van der Waals surface area (Å²) in [7, 11) is 4.10. The van der Waals surface area contributed by atoms with Gasteiger partial charge in [0.15, 0.2) is 10.6 Å². The second-order valence-corrected chi connectivity index (χ2v) is 6.04. The molecule has 2 rings (SSSR count). The fourth-order valence-corrected chi connectivity index (χ4v) is 3.47. The van der Waals surface area contributed by atoms with Crippen LogP contribution in [0.25, 0.3) is 10.7 Å². The maximum Gasteiger partial charge on any atom is 0.195 e. The van der Waals surface area contributed by atoms with Crippen molar-refractivity contribution in [2.75, 3.05) is 14.1 Å². The molecular formula is C12H19N5S2. The van der Waals surface area contributed by atoms with E-state index in [0.717, 1.165) is 40.9 Å². The summed E-state index contributed by atoms with van der Waals surface area (Å²) in [4.78, 5) is 7.96. The maximum atomic E-state index is 5.25. The summed E-state index contributed by atoms with van der Waals surface area (Å²) in [6.07, 6.45) is 0.905. The standard InChI is InChI=1S/C12H19N5S2/c1-5-8-10(19-9(13-8)7-16(3)4)11-14-15-12(18)17(11)6-2/h5-7H2,1-4H3,(H,15,18). The van der Waals surface area contributed by atoms with E-state index < -0.39 is 0 Å². The van der Waals surface area contributed by atoms with Crippen molar-refractivity contribution in [2.45, 2.75) is 33.4 Å². The first-order valence-corrected chi connectivity index (χ1v) is 7.58. The van der Waals surface area contributed by atoms with Gasteiger partial charge in [-0.1, -0.05) is 6.92 Å². The number of aryl methyl sites for hydroxylation is 1. The van der Waals surface area contributed by atoms with Crippen molar-refractivity contribution < 1.29 is 0 Å². The van der Waals surface area contributed by atoms with E-state index in [1.165, 1.54) is 0 Å². The summed E-state index contributed by atoms with van der Waals surface area (Å²) >= 11 is 6.96. The highest BCUT2D eigenvalue weighted by atomic mass is 32.1. The minimum absolute atomic E-state index is 0.669. The van der Waals surface area contributed by atoms with Crippen LogP contribution in [0.2, 0.25) is 0 Å². The van der Waals surface area contributed by atoms with Crippen LogP contribution in [0.15, 0.2) is 0 Å². The first-order chi connectivity index (χ1) is 9.06. The van der Waals surface area contributed by atoms with Crippen molar-refractivity contribution in [1.82, 2.24) is 24.6 Å². The van der Waals surface area contributed by atoms with Gasteiger partial charge in [-0.25, -0.2) is 4.98 Å². The first kappa shape index (κ1) is 14.4. The topological polar surface area (TPSA) is 49.7 Å². The average molecular weight is 297 g/mol. The zero-order valence-corrected chi connectivity index (χ0v) is 13.4. The Balaban J connectivity index is 2.48. The number of nitrogens with one attached hydrogen (secondary N) is 1. The Hall–Kier alpha value is -1.05. The quantitative estimate of drug-likeness (QED) is 0.862. The van der Waals surface area contributed by atoms with E-state index in [9.17, 15) is 0 Å². The molecule has 5 nitrogen and oxygen atoms in total. The van der Waals surface area contributed by atoms with Crippen LogP contribution in [0, 0.1) is 4.77 Å². The number of H-pyrrole nitrogens is 1. The van der Waals surface area contributed by atoms with E-state index in [2.05, 4.69) is 43.0 Å². The van der Waals surface area contributed by atoms with E-state index in [1.54, 1.807) is 11.3 Å². The number of aromatic amines is 1. The van der Waals surface area contributed by atoms with Crippen molar-refractivity contribution in [3.8, 4) is 10.7 Å². The van der Waals surface area contributed by atoms with Gasteiger partial charge in [-0.3, -0.25) is 9.67 Å². The zero-order chi connectivity index (χ0) is 14.0. The molecule has 0 amide bonds. The third-order valence-electron chi connectivity index (χ3n) is 2.81. The van der Waals surface area contributed by atoms with E-state index in [-0.39, 0.29) is 0 Å². The van der Waals surface area contributed by atoms with E-state index in [4.69, 9.17) is 17.2 Å². The summed E-state index contributed by atoms with van der Waals surface area (Å²) in [5.41, 5.74) is 1.10. The van der Waals surface area contributed by atoms with Crippen molar-refractivity contribution in [3.63, 3.8) is 0 Å². The van der Waals surface area contributed by atoms with Crippen LogP contribution in [-0.4, -0.2) is 38.7 Å². The fourth-order valence-electron chi connectivity index (χ4n) is 1.94. The lowest BCUT2D eigenvalue weighted by molar-refractivity contribution is 0.401. The number of thiazole rings is 1. The van der Waals surface area contributed by atoms with E-state index >= 15 is 0 Å². The third-order valence-corrected chi connectivity index (χ3v) is 4.20. The molecular weight excluding hydrogens is 278 g/mol. The molecule has 1 N–H and O–H groups in total. The van der Waals surface area contributed by atoms with Gasteiger partial charge >= 0.3 is 0 Å². The predicted molar refractivity (Wildman–Crippen MR) is 81.0 cm³/mol. The Morgan fingerprint density at radius 2 is 2.11 bits per heavy atom. The van der Waals surface area contributed by atoms with Crippen molar-refractivity contribution >= 4 is 23.6 Å². The second-order valence-electron chi connectivity index (χ2n) is 4.57. The Morgan fingerprint density at radius 3 is 2.68 bits per heavy atom. The van der Waals surface area contributed by atoms with E-state index in [1.807, 2.05) is 4.57 Å². The summed E-state index contributed by atoms with van der Waals surface area (Å²) in [5, 5.41) is 8.35. The molecule has 0 atom stereocenters. The van der Waals surface area contributed by atoms with Crippen LogP contribution >= 0.6 is 23.6 Å². The smallest absolute Gasteiger partial charge is 0.195 e. The highest BCUT2D eigenvalue weighted by Gasteiger charge is 2.17. The molecule has 0 fully saturated rings. The molecule has 2 aromatic heterocycles. The summed E-state index contributed by atoms with van der Waals surface area (Å²) in [6, 6.07) is 0. The molecule has 104 valence electrons. The second kappa shape index (κ2) is 5.94. The number of rotatable bonds is 5. The molecule has 7 heteroatoms. The van der Waals surface area contributed by atoms with E-state index in [0.29, 0.717) is 4.77 Å². The van der Waals surface area contributed by atoms with Gasteiger partial charge in [-0.15, -0.1) is 11.3 Å². The number of hydrogen-bond acceptors (Lipinski definition) is 5. The molecule has 0 spiro atoms. The molecule has 0 aliphatic heterocycles. The lowest BCUT2D eigenvalue weighted by atomic mass is 10.3. The Labute approximate surface area is 122 Å². The van der Waals surface area contributed by atoms with Crippen LogP contribution in [0.3, 0.4) is 0 Å². The third kappa shape index (κ3) is 2.93. The SMILES string of the molecule is CCc1nc(CN(C)C)sc1-c1n[nH]c(=S)n1CC. The molecule has 0 radical (unpaired) electrons. The molecule has 0 saturated heterocycles. The zero-order valence-electron chi connectivity index (χ0n) is 11.7. The predicted octanol–water partition coefficient (Wildman–Crippen LogP) is 2.71. The average Bonchev–Trinajstić information content (AvgIpc) is 2.91. The van der Waals surface area contributed by atoms with Gasteiger partial charge in [0.1, 0.15) is 5.01 Å². The highest BCUT2D eigenvalue weighted by Crippen LogP contribution is 2.30. The normalized spacial score (nSPS) is 11.4. The highest BCUT2D eigenvalue weighted by molar-refractivity contribution is 7.71. The molecule has 0 aliphatic carbocycles. The number of aromatic nitrogens is 4. The maximum absolute atomic E-state index is 5.25. The lowest BCUT2D eigenvalue weighted by Crippen LogP contribution is -2.10. The van der Waals surface area contributed by atoms with Gasteiger partial charge in [0.05, 0.1) is 10.6 Å². The molecule has 19 heavy (non-hydrogen) atoms. The Morgan fingerprint density at radius 1 is 1.37 bits per heavy atom. The number of hydrogen-bond donors (Lipinski definition) is 1. The lowest BCUT2D eigenvalue weighted by Gasteiger charge is -2.04. The molecule has 0 unspecified atom stereocenters. The molecule has 0 bridgehead atoms. The van der Waals surface area contributed by atoms with Crippen molar-refractivity contribution in [2.24, 2.45) is 0 Å². The minimum atomic E-state index is 0.669. The summed E-state index contributed by atoms with van der Waals surface area (Å²) < 4.78 is 2.68. The van der Waals surface area contributed by atoms with Gasteiger partial charge in [0.25, 0.3) is 0 Å². The Kier molecular flexibility index (Phi) is 4.49. The molecule has 2 heterocycles. The Bertz CT molecular complexity index is 608. The largest absolute Gasteiger partial charge is 0.303 e. The first-order valence-electron chi connectivity index (χ1n) is 6.35. The molecule has 0 saturated carbocycles. The molecule has 0 aliphatic rings. The van der Waals surface area contributed by atoms with Crippen LogP contribution in [0.4, 0.5) is 0 Å². The number of nitrogens with zero attached hydrogens (tertiary/aromatic N) is 4. The van der Waals surface area contributed by atoms with Gasteiger partial charge in [0, 0.05) is 13.1 Å².